The zero-order valence-electron chi connectivity index (χ0n) is 12.8. The van der Waals surface area contributed by atoms with Gasteiger partial charge in [0.25, 0.3) is 0 Å². The summed E-state index contributed by atoms with van der Waals surface area (Å²) >= 11 is 3.06. The number of ether oxygens (including phenoxy) is 1. The van der Waals surface area contributed by atoms with Gasteiger partial charge >= 0.3 is 11.9 Å². The van der Waals surface area contributed by atoms with E-state index >= 15 is 0 Å². The molecule has 0 saturated heterocycles. The molecule has 12 nitrogen and oxygen atoms in total. The molecule has 0 aromatic carbocycles. The molecule has 2 heterocycles. The second kappa shape index (κ2) is 10.1. The molecule has 0 radical (unpaired) electrons. The molecule has 13 heteroatoms. The lowest BCUT2D eigenvalue weighted by Gasteiger charge is -2.06. The zero-order chi connectivity index (χ0) is 18.8. The standard InChI is InChI=1S/C10H13BrN6O2.C2H2O4/c11-3-7(18)13-1-2-19-6-17-5-16-8-9(12)14-4-15-10(8)17;3-1(4)2(5)6/h4-5H,1-3,6H2,(H,13,18)(H2,12,14,15);(H,3,4)(H,5,6). The van der Waals surface area contributed by atoms with Crippen LogP contribution in [-0.2, 0) is 25.9 Å². The minimum Gasteiger partial charge on any atom is -0.473 e. The van der Waals surface area contributed by atoms with Crippen molar-refractivity contribution in [3.8, 4) is 0 Å². The number of halogens is 1. The van der Waals surface area contributed by atoms with Gasteiger partial charge in [0.1, 0.15) is 18.6 Å². The van der Waals surface area contributed by atoms with Crippen molar-refractivity contribution in [2.45, 2.75) is 6.73 Å². The number of nitrogen functional groups attached to an aromatic ring is 1. The number of hydrogen-bond acceptors (Lipinski definition) is 8. The quantitative estimate of drug-likeness (QED) is 0.259. The highest BCUT2D eigenvalue weighted by Crippen LogP contribution is 2.13. The number of carbonyl (C=O) groups excluding carboxylic acids is 1. The van der Waals surface area contributed by atoms with Gasteiger partial charge in [-0.25, -0.2) is 24.5 Å². The highest BCUT2D eigenvalue weighted by Gasteiger charge is 2.07. The lowest BCUT2D eigenvalue weighted by Crippen LogP contribution is -2.28. The van der Waals surface area contributed by atoms with Crippen LogP contribution in [0.25, 0.3) is 11.2 Å². The molecule has 2 rings (SSSR count). The number of anilines is 1. The van der Waals surface area contributed by atoms with Gasteiger partial charge in [-0.1, -0.05) is 15.9 Å². The van der Waals surface area contributed by atoms with Crippen LogP contribution < -0.4 is 11.1 Å². The van der Waals surface area contributed by atoms with Crippen molar-refractivity contribution in [3.05, 3.63) is 12.7 Å². The van der Waals surface area contributed by atoms with Gasteiger partial charge in [-0.2, -0.15) is 0 Å². The number of amides is 1. The molecule has 0 saturated carbocycles. The summed E-state index contributed by atoms with van der Waals surface area (Å²) in [7, 11) is 0. The molecular formula is C12H15BrN6O6. The molecule has 0 unspecified atom stereocenters. The van der Waals surface area contributed by atoms with Gasteiger partial charge < -0.3 is 26.0 Å². The van der Waals surface area contributed by atoms with Crippen LogP contribution in [0, 0.1) is 0 Å². The van der Waals surface area contributed by atoms with Crippen LogP contribution in [0.5, 0.6) is 0 Å². The van der Waals surface area contributed by atoms with Crippen LogP contribution in [0.3, 0.4) is 0 Å². The Labute approximate surface area is 149 Å². The highest BCUT2D eigenvalue weighted by atomic mass is 79.9. The van der Waals surface area contributed by atoms with Crippen molar-refractivity contribution in [2.75, 3.05) is 24.2 Å². The third kappa shape index (κ3) is 6.68. The lowest BCUT2D eigenvalue weighted by molar-refractivity contribution is -0.159. The van der Waals surface area contributed by atoms with E-state index in [1.54, 1.807) is 10.9 Å². The molecule has 0 aliphatic carbocycles. The van der Waals surface area contributed by atoms with Crippen LogP contribution in [0.15, 0.2) is 12.7 Å². The van der Waals surface area contributed by atoms with Crippen LogP contribution in [0.1, 0.15) is 0 Å². The van der Waals surface area contributed by atoms with Crippen molar-refractivity contribution < 1.29 is 29.3 Å². The van der Waals surface area contributed by atoms with E-state index in [1.165, 1.54) is 6.33 Å². The van der Waals surface area contributed by atoms with Gasteiger partial charge in [0.2, 0.25) is 5.91 Å². The number of alkyl halides is 1. The van der Waals surface area contributed by atoms with Crippen molar-refractivity contribution in [3.63, 3.8) is 0 Å². The van der Waals surface area contributed by atoms with Crippen LogP contribution >= 0.6 is 15.9 Å². The molecule has 1 amide bonds. The number of imidazole rings is 1. The molecular weight excluding hydrogens is 404 g/mol. The maximum atomic E-state index is 11.0. The van der Waals surface area contributed by atoms with Crippen LogP contribution in [0.2, 0.25) is 0 Å². The molecule has 0 fully saturated rings. The first-order valence-electron chi connectivity index (χ1n) is 6.64. The Morgan fingerprint density at radius 3 is 2.52 bits per heavy atom. The van der Waals surface area contributed by atoms with Crippen LogP contribution in [0.4, 0.5) is 5.82 Å². The number of rotatable bonds is 6. The van der Waals surface area contributed by atoms with Gasteiger partial charge in [0.05, 0.1) is 18.3 Å². The van der Waals surface area contributed by atoms with E-state index in [4.69, 9.17) is 30.3 Å². The number of carboxylic acid groups (broad SMARTS) is 2. The number of fused-ring (bicyclic) bond motifs is 1. The molecule has 2 aromatic heterocycles. The minimum absolute atomic E-state index is 0.0720. The number of nitrogens with two attached hydrogens (primary N) is 1. The monoisotopic (exact) mass is 418 g/mol. The smallest absolute Gasteiger partial charge is 0.414 e. The number of nitrogens with zero attached hydrogens (tertiary/aromatic N) is 4. The van der Waals surface area contributed by atoms with Crippen LogP contribution in [-0.4, -0.2) is 66.1 Å². The Morgan fingerprint density at radius 2 is 1.92 bits per heavy atom. The van der Waals surface area contributed by atoms with E-state index in [1.807, 2.05) is 0 Å². The number of hydrogen-bond donors (Lipinski definition) is 4. The first-order valence-corrected chi connectivity index (χ1v) is 7.76. The van der Waals surface area contributed by atoms with Crippen molar-refractivity contribution in [1.29, 1.82) is 0 Å². The summed E-state index contributed by atoms with van der Waals surface area (Å²) in [5.41, 5.74) is 6.85. The predicted molar refractivity (Wildman–Crippen MR) is 87.8 cm³/mol. The molecule has 0 spiro atoms. The first-order chi connectivity index (χ1) is 11.9. The summed E-state index contributed by atoms with van der Waals surface area (Å²) in [6.07, 6.45) is 2.97. The summed E-state index contributed by atoms with van der Waals surface area (Å²) in [6, 6.07) is 0. The highest BCUT2D eigenvalue weighted by molar-refractivity contribution is 9.09. The normalized spacial score (nSPS) is 9.96. The topological polar surface area (TPSA) is 183 Å². The Morgan fingerprint density at radius 1 is 1.24 bits per heavy atom. The maximum absolute atomic E-state index is 11.0. The largest absolute Gasteiger partial charge is 0.473 e. The van der Waals surface area contributed by atoms with Gasteiger partial charge in [-0.05, 0) is 0 Å². The summed E-state index contributed by atoms with van der Waals surface area (Å²) in [6.45, 7) is 1.14. The van der Waals surface area contributed by atoms with E-state index in [0.29, 0.717) is 30.1 Å². The van der Waals surface area contributed by atoms with Crippen molar-refractivity contribution in [2.24, 2.45) is 0 Å². The van der Waals surface area contributed by atoms with E-state index in [-0.39, 0.29) is 18.0 Å². The Balaban J connectivity index is 0.000000450. The van der Waals surface area contributed by atoms with Gasteiger partial charge in [-0.3, -0.25) is 9.36 Å². The third-order valence-corrected chi connectivity index (χ3v) is 3.04. The summed E-state index contributed by atoms with van der Waals surface area (Å²) in [4.78, 5) is 41.2. The fourth-order valence-electron chi connectivity index (χ4n) is 1.47. The Kier molecular flexibility index (Phi) is 8.22. The minimum atomic E-state index is -1.82. The second-order valence-corrected chi connectivity index (χ2v) is 4.84. The molecule has 25 heavy (non-hydrogen) atoms. The predicted octanol–water partition coefficient (Wildman–Crippen LogP) is -0.951. The molecule has 0 aliphatic heterocycles. The molecule has 0 bridgehead atoms. The average molecular weight is 419 g/mol. The second-order valence-electron chi connectivity index (χ2n) is 4.28. The maximum Gasteiger partial charge on any atom is 0.414 e. The summed E-state index contributed by atoms with van der Waals surface area (Å²) < 4.78 is 7.13. The van der Waals surface area contributed by atoms with Gasteiger partial charge in [-0.15, -0.1) is 0 Å². The van der Waals surface area contributed by atoms with Crippen molar-refractivity contribution >= 4 is 50.8 Å². The SMILES string of the molecule is Nc1ncnc2c1ncn2COCCNC(=O)CBr.O=C(O)C(=O)O. The lowest BCUT2D eigenvalue weighted by atomic mass is 10.5. The zero-order valence-corrected chi connectivity index (χ0v) is 14.3. The molecule has 136 valence electrons. The van der Waals surface area contributed by atoms with E-state index < -0.39 is 11.9 Å². The van der Waals surface area contributed by atoms with Gasteiger partial charge in [0.15, 0.2) is 11.5 Å². The molecule has 0 aliphatic rings. The fraction of sp³-hybridized carbons (Fsp3) is 0.333. The fourth-order valence-corrected chi connectivity index (χ4v) is 1.66. The summed E-state index contributed by atoms with van der Waals surface area (Å²) in [5, 5.41) is 17.7. The number of aromatic nitrogens is 4. The van der Waals surface area contributed by atoms with Crippen molar-refractivity contribution in [1.82, 2.24) is 24.8 Å². The molecule has 2 aromatic rings. The number of aliphatic carboxylic acids is 2. The first kappa shape index (κ1) is 20.2. The third-order valence-electron chi connectivity index (χ3n) is 2.53. The van der Waals surface area contributed by atoms with Gasteiger partial charge in [0, 0.05) is 6.54 Å². The number of carboxylic acids is 2. The average Bonchev–Trinajstić information content (AvgIpc) is 2.99. The summed E-state index contributed by atoms with van der Waals surface area (Å²) in [5.74, 6) is -3.38. The molecule has 0 atom stereocenters. The Bertz CT molecular complexity index is 739. The van der Waals surface area contributed by atoms with E-state index in [9.17, 15) is 4.79 Å². The Hall–Kier alpha value is -2.80. The van der Waals surface area contributed by atoms with E-state index in [2.05, 4.69) is 36.2 Å². The van der Waals surface area contributed by atoms with E-state index in [0.717, 1.165) is 0 Å². The number of carbonyl (C=O) groups is 3. The number of nitrogens with one attached hydrogen (secondary N) is 1. The molecule has 5 N–H and O–H groups in total.